The Balaban J connectivity index is 1.24. The van der Waals surface area contributed by atoms with Crippen molar-refractivity contribution in [1.29, 1.82) is 0 Å². The summed E-state index contributed by atoms with van der Waals surface area (Å²) < 4.78 is 15.0. The lowest BCUT2D eigenvalue weighted by Gasteiger charge is -2.18. The molecule has 1 fully saturated rings. The number of pyridine rings is 2. The van der Waals surface area contributed by atoms with Crippen molar-refractivity contribution in [3.05, 3.63) is 118 Å². The van der Waals surface area contributed by atoms with E-state index in [1.54, 1.807) is 24.5 Å². The Labute approximate surface area is 225 Å². The minimum absolute atomic E-state index is 0.0256. The molecule has 0 saturated heterocycles. The summed E-state index contributed by atoms with van der Waals surface area (Å²) in [5.41, 5.74) is 4.35. The molecule has 0 spiro atoms. The van der Waals surface area contributed by atoms with Gasteiger partial charge in [-0.3, -0.25) is 9.36 Å². The minimum atomic E-state index is -0.250. The van der Waals surface area contributed by atoms with Crippen LogP contribution >= 0.6 is 0 Å². The van der Waals surface area contributed by atoms with Crippen molar-refractivity contribution < 1.29 is 4.39 Å². The van der Waals surface area contributed by atoms with Crippen LogP contribution in [0.15, 0.2) is 90.0 Å². The first-order chi connectivity index (χ1) is 19.1. The lowest BCUT2D eigenvalue weighted by Crippen LogP contribution is -2.28. The first kappa shape index (κ1) is 24.7. The molecule has 8 heteroatoms. The van der Waals surface area contributed by atoms with Crippen LogP contribution in [0.2, 0.25) is 0 Å². The Kier molecular flexibility index (Phi) is 6.99. The smallest absolute Gasteiger partial charge is 0.256 e. The van der Waals surface area contributed by atoms with Crippen molar-refractivity contribution >= 4 is 28.5 Å². The second-order valence-corrected chi connectivity index (χ2v) is 9.96. The third-order valence-corrected chi connectivity index (χ3v) is 7.19. The third kappa shape index (κ3) is 5.65. The van der Waals surface area contributed by atoms with Crippen molar-refractivity contribution in [3.63, 3.8) is 0 Å². The Morgan fingerprint density at radius 3 is 2.44 bits per heavy atom. The first-order valence-electron chi connectivity index (χ1n) is 13.3. The van der Waals surface area contributed by atoms with E-state index >= 15 is 0 Å². The standard InChI is InChI=1S/C31H29FN6O/c32-25-12-10-22(11-13-25)18-33-26-14-15-28(34-20-26)36-31-35-19-24-17-23(16-21-6-2-1-3-7-21)30(39)38(29(24)37-31)27-8-4-5-9-27/h1-3,6-7,10-15,17,19-20,27,33H,4-5,8-9,16,18H2,(H,34,35,36,37). The molecule has 3 heterocycles. The van der Waals surface area contributed by atoms with E-state index in [1.165, 1.54) is 12.1 Å². The van der Waals surface area contributed by atoms with E-state index in [1.807, 2.05) is 53.1 Å². The predicted molar refractivity (Wildman–Crippen MR) is 152 cm³/mol. The fraction of sp³-hybridized carbons (Fsp3) is 0.226. The molecule has 0 radical (unpaired) electrons. The van der Waals surface area contributed by atoms with E-state index in [9.17, 15) is 9.18 Å². The van der Waals surface area contributed by atoms with Crippen molar-refractivity contribution in [2.45, 2.75) is 44.7 Å². The van der Waals surface area contributed by atoms with Crippen LogP contribution in [0.25, 0.3) is 11.0 Å². The zero-order chi connectivity index (χ0) is 26.6. The molecule has 6 rings (SSSR count). The molecular weight excluding hydrogens is 491 g/mol. The third-order valence-electron chi connectivity index (χ3n) is 7.19. The zero-order valence-corrected chi connectivity index (χ0v) is 21.5. The second kappa shape index (κ2) is 11.0. The number of hydrogen-bond acceptors (Lipinski definition) is 6. The Bertz CT molecular complexity index is 1630. The Morgan fingerprint density at radius 1 is 0.897 bits per heavy atom. The van der Waals surface area contributed by atoms with E-state index < -0.39 is 0 Å². The molecule has 1 saturated carbocycles. The van der Waals surface area contributed by atoms with Crippen molar-refractivity contribution in [1.82, 2.24) is 19.5 Å². The number of rotatable bonds is 8. The largest absolute Gasteiger partial charge is 0.380 e. The normalized spacial score (nSPS) is 13.6. The number of nitrogens with one attached hydrogen (secondary N) is 2. The lowest BCUT2D eigenvalue weighted by molar-refractivity contribution is 0.513. The molecule has 39 heavy (non-hydrogen) atoms. The molecule has 2 N–H and O–H groups in total. The number of hydrogen-bond donors (Lipinski definition) is 2. The number of halogens is 1. The van der Waals surface area contributed by atoms with Crippen LogP contribution < -0.4 is 16.2 Å². The first-order valence-corrected chi connectivity index (χ1v) is 13.3. The van der Waals surface area contributed by atoms with Crippen LogP contribution in [0.3, 0.4) is 0 Å². The molecule has 5 aromatic rings. The van der Waals surface area contributed by atoms with Gasteiger partial charge in [-0.05, 0) is 54.3 Å². The van der Waals surface area contributed by atoms with Gasteiger partial charge in [-0.25, -0.2) is 14.4 Å². The van der Waals surface area contributed by atoms with Gasteiger partial charge in [0.05, 0.1) is 11.9 Å². The van der Waals surface area contributed by atoms with Gasteiger partial charge >= 0.3 is 0 Å². The Hall–Kier alpha value is -4.59. The highest BCUT2D eigenvalue weighted by atomic mass is 19.1. The van der Waals surface area contributed by atoms with E-state index in [2.05, 4.69) is 20.6 Å². The van der Waals surface area contributed by atoms with Crippen LogP contribution in [0.4, 0.5) is 21.8 Å². The summed E-state index contributed by atoms with van der Waals surface area (Å²) in [5, 5.41) is 7.31. The molecule has 0 atom stereocenters. The molecule has 0 unspecified atom stereocenters. The lowest BCUT2D eigenvalue weighted by atomic mass is 10.0. The average molecular weight is 521 g/mol. The molecular formula is C31H29FN6O. The number of benzene rings is 2. The maximum absolute atomic E-state index is 13.7. The zero-order valence-electron chi connectivity index (χ0n) is 21.5. The molecule has 1 aliphatic rings. The summed E-state index contributed by atoms with van der Waals surface area (Å²) in [7, 11) is 0. The van der Waals surface area contributed by atoms with Gasteiger partial charge in [-0.1, -0.05) is 55.3 Å². The van der Waals surface area contributed by atoms with Crippen LogP contribution in [-0.2, 0) is 13.0 Å². The van der Waals surface area contributed by atoms with Crippen molar-refractivity contribution in [2.24, 2.45) is 0 Å². The quantitative estimate of drug-likeness (QED) is 0.247. The maximum Gasteiger partial charge on any atom is 0.256 e. The topological polar surface area (TPSA) is 84.7 Å². The molecule has 3 aromatic heterocycles. The monoisotopic (exact) mass is 520 g/mol. The molecule has 1 aliphatic carbocycles. The number of anilines is 3. The highest BCUT2D eigenvalue weighted by Gasteiger charge is 2.23. The number of fused-ring (bicyclic) bond motifs is 1. The van der Waals surface area contributed by atoms with Gasteiger partial charge < -0.3 is 10.6 Å². The summed E-state index contributed by atoms with van der Waals surface area (Å²) in [6.45, 7) is 0.563. The number of nitrogens with zero attached hydrogens (tertiary/aromatic N) is 4. The van der Waals surface area contributed by atoms with Crippen molar-refractivity contribution in [2.75, 3.05) is 10.6 Å². The highest BCUT2D eigenvalue weighted by Crippen LogP contribution is 2.31. The van der Waals surface area contributed by atoms with Gasteiger partial charge in [-0.2, -0.15) is 4.98 Å². The van der Waals surface area contributed by atoms with E-state index in [0.717, 1.165) is 53.4 Å². The summed E-state index contributed by atoms with van der Waals surface area (Å²) in [6, 6.07) is 22.3. The van der Waals surface area contributed by atoms with Crippen LogP contribution in [0.5, 0.6) is 0 Å². The van der Waals surface area contributed by atoms with Gasteiger partial charge in [-0.15, -0.1) is 0 Å². The van der Waals surface area contributed by atoms with Gasteiger partial charge in [0.25, 0.3) is 5.56 Å². The Morgan fingerprint density at radius 2 is 1.69 bits per heavy atom. The van der Waals surface area contributed by atoms with Crippen LogP contribution in [0, 0.1) is 5.82 Å². The van der Waals surface area contributed by atoms with E-state index in [0.29, 0.717) is 30.4 Å². The molecule has 196 valence electrons. The van der Waals surface area contributed by atoms with E-state index in [4.69, 9.17) is 4.98 Å². The fourth-order valence-corrected chi connectivity index (χ4v) is 5.17. The summed E-state index contributed by atoms with van der Waals surface area (Å²) in [6.07, 6.45) is 8.26. The SMILES string of the molecule is O=c1c(Cc2ccccc2)cc2cnc(Nc3ccc(NCc4ccc(F)cc4)cn3)nc2n1C1CCCC1. The van der Waals surface area contributed by atoms with Crippen LogP contribution in [0.1, 0.15) is 48.4 Å². The molecule has 0 bridgehead atoms. The van der Waals surface area contributed by atoms with Gasteiger partial charge in [0.1, 0.15) is 17.3 Å². The van der Waals surface area contributed by atoms with Gasteiger partial charge in [0, 0.05) is 36.2 Å². The molecule has 7 nitrogen and oxygen atoms in total. The summed E-state index contributed by atoms with van der Waals surface area (Å²) in [4.78, 5) is 27.5. The van der Waals surface area contributed by atoms with E-state index in [-0.39, 0.29) is 17.4 Å². The maximum atomic E-state index is 13.7. The summed E-state index contributed by atoms with van der Waals surface area (Å²) in [5.74, 6) is 0.737. The molecule has 2 aromatic carbocycles. The minimum Gasteiger partial charge on any atom is -0.380 e. The van der Waals surface area contributed by atoms with Crippen LogP contribution in [-0.4, -0.2) is 19.5 Å². The predicted octanol–water partition coefficient (Wildman–Crippen LogP) is 6.39. The molecule has 0 amide bonds. The molecule has 0 aliphatic heterocycles. The second-order valence-electron chi connectivity index (χ2n) is 9.96. The fourth-order valence-electron chi connectivity index (χ4n) is 5.17. The van der Waals surface area contributed by atoms with Gasteiger partial charge in [0.15, 0.2) is 0 Å². The summed E-state index contributed by atoms with van der Waals surface area (Å²) >= 11 is 0. The van der Waals surface area contributed by atoms with Crippen molar-refractivity contribution in [3.8, 4) is 0 Å². The number of aromatic nitrogens is 4. The highest BCUT2D eigenvalue weighted by molar-refractivity contribution is 5.77. The van der Waals surface area contributed by atoms with Gasteiger partial charge in [0.2, 0.25) is 5.95 Å². The average Bonchev–Trinajstić information content (AvgIpc) is 3.49.